The van der Waals surface area contributed by atoms with Gasteiger partial charge in [-0.15, -0.1) is 0 Å². The molecule has 7 heteroatoms. The van der Waals surface area contributed by atoms with E-state index in [1.807, 2.05) is 74.5 Å². The summed E-state index contributed by atoms with van der Waals surface area (Å²) in [4.78, 5) is 27.2. The SMILES string of the molecule is Cc1cc(/C=C2\SC(=O)N(Cc3ccccc3)C2=O)c(C)n1-c1ccc2c(c1)OCCO2. The molecule has 2 aliphatic rings. The summed E-state index contributed by atoms with van der Waals surface area (Å²) in [6.45, 7) is 5.38. The molecule has 0 radical (unpaired) electrons. The highest BCUT2D eigenvalue weighted by Crippen LogP contribution is 2.36. The van der Waals surface area contributed by atoms with Gasteiger partial charge in [0.15, 0.2) is 11.5 Å². The summed E-state index contributed by atoms with van der Waals surface area (Å²) in [5.74, 6) is 1.22. The van der Waals surface area contributed by atoms with E-state index in [0.29, 0.717) is 18.1 Å². The third-order valence-corrected chi connectivity index (χ3v) is 6.51. The quantitative estimate of drug-likeness (QED) is 0.522. The Morgan fingerprint density at radius 2 is 1.72 bits per heavy atom. The van der Waals surface area contributed by atoms with Crippen molar-refractivity contribution in [3.63, 3.8) is 0 Å². The highest BCUT2D eigenvalue weighted by molar-refractivity contribution is 8.18. The van der Waals surface area contributed by atoms with Gasteiger partial charge in [-0.1, -0.05) is 30.3 Å². The van der Waals surface area contributed by atoms with Gasteiger partial charge in [-0.3, -0.25) is 14.5 Å². The summed E-state index contributed by atoms with van der Waals surface area (Å²) in [5.41, 5.74) is 4.79. The molecule has 3 aromatic rings. The zero-order chi connectivity index (χ0) is 22.2. The number of carbonyl (C=O) groups excluding carboxylic acids is 2. The van der Waals surface area contributed by atoms with E-state index < -0.39 is 0 Å². The lowest BCUT2D eigenvalue weighted by Gasteiger charge is -2.20. The van der Waals surface area contributed by atoms with Crippen LogP contribution in [-0.4, -0.2) is 33.8 Å². The minimum absolute atomic E-state index is 0.245. The zero-order valence-electron chi connectivity index (χ0n) is 17.8. The lowest BCUT2D eigenvalue weighted by Crippen LogP contribution is -2.27. The van der Waals surface area contributed by atoms with Gasteiger partial charge in [-0.05, 0) is 61.0 Å². The Hall–Kier alpha value is -3.45. The summed E-state index contributed by atoms with van der Waals surface area (Å²) in [5, 5.41) is -0.245. The van der Waals surface area contributed by atoms with Crippen molar-refractivity contribution in [2.75, 3.05) is 13.2 Å². The Balaban J connectivity index is 1.44. The number of benzene rings is 2. The molecular weight excluding hydrogens is 424 g/mol. The molecule has 1 aromatic heterocycles. The molecule has 0 unspecified atom stereocenters. The number of aryl methyl sites for hydroxylation is 1. The van der Waals surface area contributed by atoms with Crippen LogP contribution in [0.3, 0.4) is 0 Å². The molecule has 0 atom stereocenters. The first kappa shape index (κ1) is 20.5. The van der Waals surface area contributed by atoms with Crippen molar-refractivity contribution in [2.45, 2.75) is 20.4 Å². The first-order valence-electron chi connectivity index (χ1n) is 10.4. The maximum atomic E-state index is 12.9. The lowest BCUT2D eigenvalue weighted by molar-refractivity contribution is -0.123. The van der Waals surface area contributed by atoms with E-state index in [0.717, 1.165) is 51.5 Å². The third-order valence-electron chi connectivity index (χ3n) is 5.60. The Morgan fingerprint density at radius 1 is 0.969 bits per heavy atom. The van der Waals surface area contributed by atoms with Crippen molar-refractivity contribution in [1.29, 1.82) is 0 Å². The number of hydrogen-bond donors (Lipinski definition) is 0. The number of thioether (sulfide) groups is 1. The first-order valence-corrected chi connectivity index (χ1v) is 11.2. The van der Waals surface area contributed by atoms with Gasteiger partial charge in [0.25, 0.3) is 11.1 Å². The molecule has 5 rings (SSSR count). The van der Waals surface area contributed by atoms with Crippen LogP contribution in [0.4, 0.5) is 4.79 Å². The van der Waals surface area contributed by atoms with Gasteiger partial charge in [0.1, 0.15) is 13.2 Å². The van der Waals surface area contributed by atoms with Crippen molar-refractivity contribution >= 4 is 29.0 Å². The van der Waals surface area contributed by atoms with Crippen molar-refractivity contribution in [2.24, 2.45) is 0 Å². The van der Waals surface area contributed by atoms with Crippen LogP contribution in [0.25, 0.3) is 11.8 Å². The summed E-state index contributed by atoms with van der Waals surface area (Å²) in [7, 11) is 0. The Kier molecular flexibility index (Phi) is 5.27. The van der Waals surface area contributed by atoms with Crippen molar-refractivity contribution in [3.05, 3.63) is 82.0 Å². The molecular formula is C25H22N2O4S. The molecule has 0 saturated carbocycles. The number of imide groups is 1. The van der Waals surface area contributed by atoms with Crippen LogP contribution < -0.4 is 9.47 Å². The van der Waals surface area contributed by atoms with Gasteiger partial charge < -0.3 is 14.0 Å². The normalized spacial score (nSPS) is 16.8. The molecule has 162 valence electrons. The van der Waals surface area contributed by atoms with Crippen LogP contribution in [-0.2, 0) is 11.3 Å². The highest BCUT2D eigenvalue weighted by atomic mass is 32.2. The van der Waals surface area contributed by atoms with Crippen LogP contribution in [0.2, 0.25) is 0 Å². The monoisotopic (exact) mass is 446 g/mol. The van der Waals surface area contributed by atoms with Gasteiger partial charge in [0, 0.05) is 23.1 Å². The number of fused-ring (bicyclic) bond motifs is 1. The van der Waals surface area contributed by atoms with Gasteiger partial charge >= 0.3 is 0 Å². The molecule has 1 fully saturated rings. The number of amides is 2. The van der Waals surface area contributed by atoms with Crippen LogP contribution >= 0.6 is 11.8 Å². The van der Waals surface area contributed by atoms with Crippen molar-refractivity contribution in [1.82, 2.24) is 9.47 Å². The first-order chi connectivity index (χ1) is 15.5. The smallest absolute Gasteiger partial charge is 0.293 e. The average molecular weight is 447 g/mol. The topological polar surface area (TPSA) is 60.8 Å². The maximum absolute atomic E-state index is 12.9. The number of carbonyl (C=O) groups is 2. The summed E-state index contributed by atoms with van der Waals surface area (Å²) < 4.78 is 13.5. The number of hydrogen-bond acceptors (Lipinski definition) is 5. The molecule has 0 bridgehead atoms. The number of ether oxygens (including phenoxy) is 2. The van der Waals surface area contributed by atoms with Gasteiger partial charge in [-0.2, -0.15) is 0 Å². The van der Waals surface area contributed by atoms with E-state index in [4.69, 9.17) is 9.47 Å². The fraction of sp³-hybridized carbons (Fsp3) is 0.200. The van der Waals surface area contributed by atoms with E-state index in [2.05, 4.69) is 4.57 Å². The van der Waals surface area contributed by atoms with Crippen LogP contribution in [0.5, 0.6) is 11.5 Å². The fourth-order valence-corrected chi connectivity index (χ4v) is 4.87. The summed E-state index contributed by atoms with van der Waals surface area (Å²) in [6, 6.07) is 17.4. The largest absolute Gasteiger partial charge is 0.486 e. The van der Waals surface area contributed by atoms with Crippen LogP contribution in [0.1, 0.15) is 22.5 Å². The third kappa shape index (κ3) is 3.69. The molecule has 2 amide bonds. The Morgan fingerprint density at radius 3 is 2.50 bits per heavy atom. The molecule has 0 aliphatic carbocycles. The molecule has 3 heterocycles. The predicted molar refractivity (Wildman–Crippen MR) is 124 cm³/mol. The molecule has 0 spiro atoms. The zero-order valence-corrected chi connectivity index (χ0v) is 18.6. The van der Waals surface area contributed by atoms with Gasteiger partial charge in [-0.25, -0.2) is 0 Å². The number of rotatable bonds is 4. The van der Waals surface area contributed by atoms with Crippen LogP contribution in [0, 0.1) is 13.8 Å². The summed E-state index contributed by atoms with van der Waals surface area (Å²) in [6.07, 6.45) is 1.81. The molecule has 0 N–H and O–H groups in total. The van der Waals surface area contributed by atoms with E-state index in [1.165, 1.54) is 4.90 Å². The standard InChI is InChI=1S/C25H22N2O4S/c1-16-12-19(17(2)27(16)20-8-9-21-22(14-20)31-11-10-30-21)13-23-24(28)26(25(29)32-23)15-18-6-4-3-5-7-18/h3-9,12-14H,10-11,15H2,1-2H3/b23-13-. The second-order valence-corrected chi connectivity index (χ2v) is 8.74. The molecule has 2 aromatic carbocycles. The summed E-state index contributed by atoms with van der Waals surface area (Å²) >= 11 is 0.987. The lowest BCUT2D eigenvalue weighted by atomic mass is 10.2. The highest BCUT2D eigenvalue weighted by Gasteiger charge is 2.35. The number of aromatic nitrogens is 1. The fourth-order valence-electron chi connectivity index (χ4n) is 4.05. The van der Waals surface area contributed by atoms with Crippen molar-refractivity contribution in [3.8, 4) is 17.2 Å². The predicted octanol–water partition coefficient (Wildman–Crippen LogP) is 5.10. The molecule has 2 aliphatic heterocycles. The molecule has 32 heavy (non-hydrogen) atoms. The van der Waals surface area contributed by atoms with Crippen molar-refractivity contribution < 1.29 is 19.1 Å². The van der Waals surface area contributed by atoms with Gasteiger partial charge in [0.2, 0.25) is 0 Å². The van der Waals surface area contributed by atoms with E-state index >= 15 is 0 Å². The maximum Gasteiger partial charge on any atom is 0.293 e. The molecule has 1 saturated heterocycles. The van der Waals surface area contributed by atoms with E-state index in [-0.39, 0.29) is 17.7 Å². The number of nitrogens with zero attached hydrogens (tertiary/aromatic N) is 2. The second kappa shape index (κ2) is 8.24. The Labute approximate surface area is 190 Å². The minimum atomic E-state index is -0.256. The molecule has 6 nitrogen and oxygen atoms in total. The second-order valence-electron chi connectivity index (χ2n) is 7.74. The van der Waals surface area contributed by atoms with E-state index in [1.54, 1.807) is 0 Å². The van der Waals surface area contributed by atoms with Crippen LogP contribution in [0.15, 0.2) is 59.5 Å². The Bertz CT molecular complexity index is 1250. The van der Waals surface area contributed by atoms with Gasteiger partial charge in [0.05, 0.1) is 11.4 Å². The van der Waals surface area contributed by atoms with E-state index in [9.17, 15) is 9.59 Å². The average Bonchev–Trinajstić information content (AvgIpc) is 3.23. The minimum Gasteiger partial charge on any atom is -0.486 e.